The zero-order valence-electron chi connectivity index (χ0n) is 24.6. The van der Waals surface area contributed by atoms with E-state index in [1.165, 1.54) is 0 Å². The summed E-state index contributed by atoms with van der Waals surface area (Å²) in [6.07, 6.45) is 4.42. The van der Waals surface area contributed by atoms with Crippen molar-refractivity contribution < 1.29 is 28.7 Å². The molecule has 3 fully saturated rings. The summed E-state index contributed by atoms with van der Waals surface area (Å²) in [6, 6.07) is 14.4. The first-order valence-corrected chi connectivity index (χ1v) is 15.8. The fourth-order valence-electron chi connectivity index (χ4n) is 6.03. The van der Waals surface area contributed by atoms with Gasteiger partial charge >= 0.3 is 6.09 Å². The number of carbonyl (C=O) groups excluding carboxylic acids is 5. The van der Waals surface area contributed by atoms with Crippen LogP contribution in [0.4, 0.5) is 4.79 Å². The molecule has 2 aromatic rings. The molecule has 0 bridgehead atoms. The maximum Gasteiger partial charge on any atom is 0.408 e. The van der Waals surface area contributed by atoms with E-state index in [4.69, 9.17) is 16.3 Å². The van der Waals surface area contributed by atoms with E-state index in [0.717, 1.165) is 36.8 Å². The zero-order chi connectivity index (χ0) is 31.1. The van der Waals surface area contributed by atoms with Crippen molar-refractivity contribution in [3.63, 3.8) is 0 Å². The van der Waals surface area contributed by atoms with Crippen molar-refractivity contribution in [2.75, 3.05) is 6.54 Å². The molecule has 2 aromatic carbocycles. The van der Waals surface area contributed by atoms with Crippen LogP contribution in [0.5, 0.6) is 0 Å². The van der Waals surface area contributed by atoms with Crippen molar-refractivity contribution in [1.82, 2.24) is 21.3 Å². The smallest absolute Gasteiger partial charge is 0.408 e. The first-order valence-electron chi connectivity index (χ1n) is 15.4. The first-order chi connectivity index (χ1) is 21.2. The Morgan fingerprint density at radius 2 is 1.68 bits per heavy atom. The van der Waals surface area contributed by atoms with Crippen molar-refractivity contribution in [3.8, 4) is 0 Å². The summed E-state index contributed by atoms with van der Waals surface area (Å²) in [4.78, 5) is 65.1. The number of ketones is 1. The molecule has 0 spiro atoms. The molecule has 3 aliphatic rings. The highest BCUT2D eigenvalue weighted by Crippen LogP contribution is 2.32. The van der Waals surface area contributed by atoms with Gasteiger partial charge in [0, 0.05) is 35.9 Å². The number of amides is 4. The van der Waals surface area contributed by atoms with Gasteiger partial charge in [-0.25, -0.2) is 4.79 Å². The standard InChI is InChI=1S/C33H39ClN4O6/c34-24-10-4-8-21(17-24)16-22-9-5-11-28(22)44-33(43)38-27(18-20-6-2-1-3-7-20)31(41)37-26(19-23-14-15-35-30(23)40)29(39)32(42)36-25-12-13-25/h1-4,6-8,10,17,22-23,25-28H,5,9,11-16,18-19H2,(H,35,40)(H,36,42)(H,37,41)(H,38,43). The molecule has 1 heterocycles. The van der Waals surface area contributed by atoms with Crippen molar-refractivity contribution in [2.24, 2.45) is 11.8 Å². The van der Waals surface area contributed by atoms with Crippen LogP contribution >= 0.6 is 11.6 Å². The van der Waals surface area contributed by atoms with Crippen molar-refractivity contribution in [3.05, 3.63) is 70.7 Å². The molecular weight excluding hydrogens is 584 g/mol. The minimum absolute atomic E-state index is 0.00967. The normalized spacial score (nSPS) is 22.4. The molecule has 0 aromatic heterocycles. The molecule has 2 aliphatic carbocycles. The predicted molar refractivity (Wildman–Crippen MR) is 164 cm³/mol. The summed E-state index contributed by atoms with van der Waals surface area (Å²) in [5, 5.41) is 11.5. The third-order valence-electron chi connectivity index (χ3n) is 8.58. The number of nitrogens with one attached hydrogen (secondary N) is 4. The molecule has 4 N–H and O–H groups in total. The van der Waals surface area contributed by atoms with Crippen LogP contribution in [0, 0.1) is 11.8 Å². The SMILES string of the molecule is O=C(NC(Cc1ccccc1)C(=O)NC(CC1CCNC1=O)C(=O)C(=O)NC1CC1)OC1CCCC1Cc1cccc(Cl)c1. The van der Waals surface area contributed by atoms with Gasteiger partial charge in [0.15, 0.2) is 0 Å². The topological polar surface area (TPSA) is 143 Å². The number of rotatable bonds is 13. The average Bonchev–Trinajstić information content (AvgIpc) is 3.57. The minimum atomic E-state index is -1.22. The number of hydrogen-bond donors (Lipinski definition) is 4. The Bertz CT molecular complexity index is 1370. The summed E-state index contributed by atoms with van der Waals surface area (Å²) < 4.78 is 5.86. The van der Waals surface area contributed by atoms with Gasteiger partial charge in [-0.3, -0.25) is 19.2 Å². The van der Waals surface area contributed by atoms with E-state index in [0.29, 0.717) is 30.8 Å². The predicted octanol–water partition coefficient (Wildman–Crippen LogP) is 3.25. The lowest BCUT2D eigenvalue weighted by atomic mass is 9.94. The van der Waals surface area contributed by atoms with Crippen LogP contribution in [0.25, 0.3) is 0 Å². The van der Waals surface area contributed by atoms with E-state index in [2.05, 4.69) is 21.3 Å². The Hall–Kier alpha value is -3.92. The van der Waals surface area contributed by atoms with Gasteiger partial charge in [0.05, 0.1) is 6.04 Å². The minimum Gasteiger partial charge on any atom is -0.446 e. The fourth-order valence-corrected chi connectivity index (χ4v) is 6.24. The van der Waals surface area contributed by atoms with Crippen LogP contribution < -0.4 is 21.3 Å². The molecule has 234 valence electrons. The molecule has 11 heteroatoms. The third kappa shape index (κ3) is 8.81. The molecule has 5 rings (SSSR count). The van der Waals surface area contributed by atoms with Crippen molar-refractivity contribution >= 4 is 41.2 Å². The number of ether oxygens (including phenoxy) is 1. The summed E-state index contributed by atoms with van der Waals surface area (Å²) >= 11 is 6.16. The zero-order valence-corrected chi connectivity index (χ0v) is 25.3. The molecule has 10 nitrogen and oxygen atoms in total. The van der Waals surface area contributed by atoms with Crippen LogP contribution in [0.1, 0.15) is 56.1 Å². The third-order valence-corrected chi connectivity index (χ3v) is 8.81. The summed E-state index contributed by atoms with van der Waals surface area (Å²) in [5.74, 6) is -2.84. The van der Waals surface area contributed by atoms with E-state index in [9.17, 15) is 24.0 Å². The average molecular weight is 623 g/mol. The second-order valence-electron chi connectivity index (χ2n) is 12.0. The van der Waals surface area contributed by atoms with E-state index in [-0.39, 0.29) is 36.8 Å². The number of alkyl carbamates (subject to hydrolysis) is 1. The van der Waals surface area contributed by atoms with Gasteiger partial charge in [-0.1, -0.05) is 54.1 Å². The molecule has 1 aliphatic heterocycles. The van der Waals surface area contributed by atoms with Crippen LogP contribution in [-0.2, 0) is 36.8 Å². The van der Waals surface area contributed by atoms with Crippen LogP contribution in [-0.4, -0.2) is 60.4 Å². The molecule has 5 atom stereocenters. The van der Waals surface area contributed by atoms with Crippen LogP contribution in [0.15, 0.2) is 54.6 Å². The molecule has 1 saturated heterocycles. The molecule has 2 saturated carbocycles. The molecule has 0 radical (unpaired) electrons. The molecule has 5 unspecified atom stereocenters. The molecule has 44 heavy (non-hydrogen) atoms. The highest BCUT2D eigenvalue weighted by Gasteiger charge is 2.38. The lowest BCUT2D eigenvalue weighted by Gasteiger charge is -2.25. The van der Waals surface area contributed by atoms with E-state index in [1.54, 1.807) is 0 Å². The van der Waals surface area contributed by atoms with Gasteiger partial charge in [0.2, 0.25) is 17.6 Å². The van der Waals surface area contributed by atoms with Gasteiger partial charge in [-0.2, -0.15) is 0 Å². The number of hydrogen-bond acceptors (Lipinski definition) is 6. The second kappa shape index (κ2) is 14.7. The van der Waals surface area contributed by atoms with E-state index in [1.807, 2.05) is 54.6 Å². The maximum absolute atomic E-state index is 13.7. The Morgan fingerprint density at radius 3 is 2.39 bits per heavy atom. The second-order valence-corrected chi connectivity index (χ2v) is 12.5. The number of carbonyl (C=O) groups is 5. The highest BCUT2D eigenvalue weighted by atomic mass is 35.5. The van der Waals surface area contributed by atoms with Gasteiger partial charge < -0.3 is 26.0 Å². The number of halogens is 1. The largest absolute Gasteiger partial charge is 0.446 e. The summed E-state index contributed by atoms with van der Waals surface area (Å²) in [6.45, 7) is 0.468. The lowest BCUT2D eigenvalue weighted by Crippen LogP contribution is -2.55. The summed E-state index contributed by atoms with van der Waals surface area (Å²) in [5.41, 5.74) is 1.86. The monoisotopic (exact) mass is 622 g/mol. The van der Waals surface area contributed by atoms with Crippen molar-refractivity contribution in [2.45, 2.75) is 82.0 Å². The number of benzene rings is 2. The van der Waals surface area contributed by atoms with E-state index < -0.39 is 41.7 Å². The fraction of sp³-hybridized carbons (Fsp3) is 0.485. The lowest BCUT2D eigenvalue weighted by molar-refractivity contribution is -0.141. The molecule has 4 amide bonds. The van der Waals surface area contributed by atoms with Gasteiger partial charge in [-0.15, -0.1) is 0 Å². The van der Waals surface area contributed by atoms with Crippen LogP contribution in [0.3, 0.4) is 0 Å². The quantitative estimate of drug-likeness (QED) is 0.253. The Labute approximate surface area is 262 Å². The first kappa shape index (κ1) is 31.5. The van der Waals surface area contributed by atoms with Gasteiger partial charge in [0.25, 0.3) is 5.91 Å². The van der Waals surface area contributed by atoms with Gasteiger partial charge in [0.1, 0.15) is 12.1 Å². The van der Waals surface area contributed by atoms with E-state index >= 15 is 0 Å². The maximum atomic E-state index is 13.7. The Kier molecular flexibility index (Phi) is 10.5. The Morgan fingerprint density at radius 1 is 0.909 bits per heavy atom. The van der Waals surface area contributed by atoms with Crippen LogP contribution in [0.2, 0.25) is 5.02 Å². The van der Waals surface area contributed by atoms with Gasteiger partial charge in [-0.05, 0) is 74.6 Å². The van der Waals surface area contributed by atoms with Crippen molar-refractivity contribution in [1.29, 1.82) is 0 Å². The Balaban J connectivity index is 1.27. The number of Topliss-reactive ketones (excluding diaryl/α,β-unsaturated/α-hetero) is 1. The molecular formula is C33H39ClN4O6. The highest BCUT2D eigenvalue weighted by molar-refractivity contribution is 6.38. The summed E-state index contributed by atoms with van der Waals surface area (Å²) in [7, 11) is 0.